The topological polar surface area (TPSA) is 40.1 Å². The molecule has 0 N–H and O–H groups in total. The Morgan fingerprint density at radius 1 is 1.44 bits per heavy atom. The SMILES string of the molecule is CCCCCC(=O)[O-].[Ca+2]. The molecular weight excluding hydrogens is 144 g/mol. The quantitative estimate of drug-likeness (QED) is 0.421. The van der Waals surface area contributed by atoms with Crippen molar-refractivity contribution in [3.63, 3.8) is 0 Å². The van der Waals surface area contributed by atoms with Crippen LogP contribution in [0.4, 0.5) is 0 Å². The molecule has 2 nitrogen and oxygen atoms in total. The number of carbonyl (C=O) groups is 1. The van der Waals surface area contributed by atoms with Gasteiger partial charge in [0, 0.05) is 5.97 Å². The zero-order valence-corrected chi connectivity index (χ0v) is 8.06. The number of unbranched alkanes of at least 4 members (excludes halogenated alkanes) is 2. The molecule has 0 amide bonds. The zero-order valence-electron chi connectivity index (χ0n) is 5.85. The molecule has 0 aliphatic heterocycles. The van der Waals surface area contributed by atoms with E-state index in [0.717, 1.165) is 19.3 Å². The fraction of sp³-hybridized carbons (Fsp3) is 0.833. The number of aliphatic carboxylic acids is 1. The molecule has 0 aliphatic carbocycles. The minimum atomic E-state index is -0.932. The van der Waals surface area contributed by atoms with Crippen molar-refractivity contribution < 1.29 is 9.90 Å². The van der Waals surface area contributed by atoms with Crippen LogP contribution >= 0.6 is 0 Å². The first kappa shape index (κ1) is 12.4. The van der Waals surface area contributed by atoms with Gasteiger partial charge in [-0.15, -0.1) is 0 Å². The van der Waals surface area contributed by atoms with Crippen LogP contribution in [0.2, 0.25) is 0 Å². The van der Waals surface area contributed by atoms with E-state index in [1.54, 1.807) is 0 Å². The van der Waals surface area contributed by atoms with Gasteiger partial charge >= 0.3 is 37.7 Å². The van der Waals surface area contributed by atoms with Crippen LogP contribution in [0, 0.1) is 0 Å². The third-order valence-electron chi connectivity index (χ3n) is 0.984. The van der Waals surface area contributed by atoms with Gasteiger partial charge in [0.1, 0.15) is 0 Å². The summed E-state index contributed by atoms with van der Waals surface area (Å²) in [7, 11) is 0. The summed E-state index contributed by atoms with van der Waals surface area (Å²) in [4.78, 5) is 9.76. The van der Waals surface area contributed by atoms with E-state index in [2.05, 4.69) is 0 Å². The van der Waals surface area contributed by atoms with Crippen LogP contribution < -0.4 is 5.11 Å². The van der Waals surface area contributed by atoms with Gasteiger partial charge in [-0.3, -0.25) is 0 Å². The molecule has 0 spiro atoms. The summed E-state index contributed by atoms with van der Waals surface area (Å²) < 4.78 is 0. The third kappa shape index (κ3) is 12.0. The Balaban J connectivity index is 0. The van der Waals surface area contributed by atoms with Crippen LogP contribution in [0.25, 0.3) is 0 Å². The number of rotatable bonds is 4. The first-order valence-corrected chi connectivity index (χ1v) is 2.97. The molecule has 0 saturated heterocycles. The van der Waals surface area contributed by atoms with Crippen LogP contribution in [0.1, 0.15) is 32.6 Å². The second-order valence-corrected chi connectivity index (χ2v) is 1.83. The monoisotopic (exact) mass is 155 g/mol. The maximum absolute atomic E-state index is 9.76. The minimum Gasteiger partial charge on any atom is -0.550 e. The van der Waals surface area contributed by atoms with Crippen LogP contribution in [0.3, 0.4) is 0 Å². The molecular formula is C6H11CaO2+. The van der Waals surface area contributed by atoms with Crippen molar-refractivity contribution in [2.45, 2.75) is 32.6 Å². The van der Waals surface area contributed by atoms with E-state index in [1.807, 2.05) is 6.92 Å². The Morgan fingerprint density at radius 2 is 2.00 bits per heavy atom. The second-order valence-electron chi connectivity index (χ2n) is 1.83. The van der Waals surface area contributed by atoms with E-state index >= 15 is 0 Å². The molecule has 0 aromatic rings. The van der Waals surface area contributed by atoms with Gasteiger partial charge in [0.25, 0.3) is 0 Å². The number of hydrogen-bond acceptors (Lipinski definition) is 2. The Morgan fingerprint density at radius 3 is 2.33 bits per heavy atom. The number of carboxylic acids is 1. The van der Waals surface area contributed by atoms with Crippen molar-refractivity contribution in [1.29, 1.82) is 0 Å². The van der Waals surface area contributed by atoms with Gasteiger partial charge in [-0.05, 0) is 12.8 Å². The van der Waals surface area contributed by atoms with E-state index in [0.29, 0.717) is 0 Å². The van der Waals surface area contributed by atoms with Gasteiger partial charge in [-0.25, -0.2) is 0 Å². The van der Waals surface area contributed by atoms with Crippen molar-refractivity contribution in [2.24, 2.45) is 0 Å². The summed E-state index contributed by atoms with van der Waals surface area (Å²) in [5.74, 6) is -0.932. The fourth-order valence-electron chi connectivity index (χ4n) is 0.519. The molecule has 0 aliphatic rings. The van der Waals surface area contributed by atoms with Gasteiger partial charge in [-0.2, -0.15) is 0 Å². The molecule has 0 saturated carbocycles. The molecule has 48 valence electrons. The molecule has 0 aromatic carbocycles. The predicted molar refractivity (Wildman–Crippen MR) is 34.9 cm³/mol. The van der Waals surface area contributed by atoms with Gasteiger partial charge < -0.3 is 9.90 Å². The normalized spacial score (nSPS) is 8.11. The van der Waals surface area contributed by atoms with Gasteiger partial charge in [0.2, 0.25) is 0 Å². The summed E-state index contributed by atoms with van der Waals surface area (Å²) in [5.41, 5.74) is 0. The molecule has 0 rings (SSSR count). The van der Waals surface area contributed by atoms with Crippen LogP contribution in [-0.2, 0) is 4.79 Å². The zero-order chi connectivity index (χ0) is 6.41. The van der Waals surface area contributed by atoms with Crippen molar-refractivity contribution in [2.75, 3.05) is 0 Å². The van der Waals surface area contributed by atoms with Crippen molar-refractivity contribution >= 4 is 43.7 Å². The van der Waals surface area contributed by atoms with E-state index < -0.39 is 5.97 Å². The third-order valence-corrected chi connectivity index (χ3v) is 0.984. The average molecular weight is 155 g/mol. The molecule has 0 aromatic heterocycles. The minimum absolute atomic E-state index is 0. The first-order chi connectivity index (χ1) is 3.77. The molecule has 3 heteroatoms. The Kier molecular flexibility index (Phi) is 12.0. The number of carboxylic acid groups (broad SMARTS) is 1. The number of hydrogen-bond donors (Lipinski definition) is 0. The largest absolute Gasteiger partial charge is 2.00 e. The molecule has 0 radical (unpaired) electrons. The summed E-state index contributed by atoms with van der Waals surface area (Å²) in [5, 5.41) is 9.76. The van der Waals surface area contributed by atoms with Crippen LogP contribution in [0.5, 0.6) is 0 Å². The molecule has 0 heterocycles. The van der Waals surface area contributed by atoms with Crippen molar-refractivity contribution in [3.05, 3.63) is 0 Å². The van der Waals surface area contributed by atoms with E-state index in [4.69, 9.17) is 0 Å². The maximum Gasteiger partial charge on any atom is 2.00 e. The van der Waals surface area contributed by atoms with Crippen molar-refractivity contribution in [3.8, 4) is 0 Å². The maximum atomic E-state index is 9.76. The van der Waals surface area contributed by atoms with E-state index in [1.165, 1.54) is 0 Å². The summed E-state index contributed by atoms with van der Waals surface area (Å²) in [6, 6.07) is 0. The van der Waals surface area contributed by atoms with Gasteiger partial charge in [0.15, 0.2) is 0 Å². The number of carbonyl (C=O) groups excluding carboxylic acids is 1. The van der Waals surface area contributed by atoms with Crippen LogP contribution in [0.15, 0.2) is 0 Å². The summed E-state index contributed by atoms with van der Waals surface area (Å²) in [6.45, 7) is 2.04. The van der Waals surface area contributed by atoms with Gasteiger partial charge in [0.05, 0.1) is 0 Å². The van der Waals surface area contributed by atoms with Crippen LogP contribution in [-0.4, -0.2) is 43.7 Å². The fourth-order valence-corrected chi connectivity index (χ4v) is 0.519. The molecule has 0 fully saturated rings. The average Bonchev–Trinajstić information content (AvgIpc) is 1.66. The predicted octanol–water partition coefficient (Wildman–Crippen LogP) is -0.0642. The standard InChI is InChI=1S/C6H12O2.Ca/c1-2-3-4-5-6(7)8;/h2-5H2,1H3,(H,7,8);/q;+2/p-1. The molecule has 0 bridgehead atoms. The Bertz CT molecular complexity index is 73.5. The Hall–Kier alpha value is 0.730. The van der Waals surface area contributed by atoms with E-state index in [9.17, 15) is 9.90 Å². The summed E-state index contributed by atoms with van der Waals surface area (Å²) in [6.07, 6.45) is 3.04. The second kappa shape index (κ2) is 8.73. The van der Waals surface area contributed by atoms with E-state index in [-0.39, 0.29) is 44.2 Å². The Labute approximate surface area is 85.6 Å². The smallest absolute Gasteiger partial charge is 0.550 e. The first-order valence-electron chi connectivity index (χ1n) is 2.97. The molecule has 0 unspecified atom stereocenters. The molecule has 9 heavy (non-hydrogen) atoms. The molecule has 0 atom stereocenters. The van der Waals surface area contributed by atoms with Gasteiger partial charge in [-0.1, -0.05) is 19.8 Å². The summed E-state index contributed by atoms with van der Waals surface area (Å²) >= 11 is 0. The van der Waals surface area contributed by atoms with Crippen molar-refractivity contribution in [1.82, 2.24) is 0 Å².